The third kappa shape index (κ3) is 4.81. The topological polar surface area (TPSA) is 85.9 Å². The molecule has 0 amide bonds. The summed E-state index contributed by atoms with van der Waals surface area (Å²) < 4.78 is 0. The first-order chi connectivity index (χ1) is 17.5. The van der Waals surface area contributed by atoms with Gasteiger partial charge in [0, 0.05) is 24.1 Å². The lowest BCUT2D eigenvalue weighted by molar-refractivity contribution is 0.203. The van der Waals surface area contributed by atoms with E-state index in [1.807, 2.05) is 12.1 Å². The van der Waals surface area contributed by atoms with Crippen molar-refractivity contribution in [1.29, 1.82) is 0 Å². The predicted molar refractivity (Wildman–Crippen MR) is 146 cm³/mol. The molecular formula is C28H29ClN6O. The Morgan fingerprint density at radius 2 is 1.83 bits per heavy atom. The number of halogens is 1. The van der Waals surface area contributed by atoms with Crippen LogP contribution in [0.3, 0.4) is 0 Å². The number of nitrogens with zero attached hydrogens (tertiary/aromatic N) is 3. The fraction of sp³-hybridized carbons (Fsp3) is 0.321. The highest BCUT2D eigenvalue weighted by molar-refractivity contribution is 6.30. The van der Waals surface area contributed by atoms with Gasteiger partial charge in [0.05, 0.1) is 10.4 Å². The summed E-state index contributed by atoms with van der Waals surface area (Å²) in [7, 11) is 0. The largest absolute Gasteiger partial charge is 0.339 e. The van der Waals surface area contributed by atoms with E-state index in [2.05, 4.69) is 50.6 Å². The lowest BCUT2D eigenvalue weighted by atomic mass is 9.86. The zero-order chi connectivity index (χ0) is 24.6. The van der Waals surface area contributed by atoms with Crippen LogP contribution >= 0.6 is 11.6 Å². The van der Waals surface area contributed by atoms with E-state index in [1.165, 1.54) is 49.9 Å². The van der Waals surface area contributed by atoms with Gasteiger partial charge < -0.3 is 20.5 Å². The molecule has 3 aromatic heterocycles. The van der Waals surface area contributed by atoms with Gasteiger partial charge in [-0.15, -0.1) is 0 Å². The minimum Gasteiger partial charge on any atom is -0.339 e. The molecule has 2 aliphatic rings. The summed E-state index contributed by atoms with van der Waals surface area (Å²) in [6.45, 7) is 4.59. The summed E-state index contributed by atoms with van der Waals surface area (Å²) in [6.07, 6.45) is 8.42. The van der Waals surface area contributed by atoms with Crippen molar-refractivity contribution in [3.63, 3.8) is 0 Å². The first-order valence-electron chi connectivity index (χ1n) is 12.6. The number of aromatic amines is 1. The lowest BCUT2D eigenvalue weighted by Gasteiger charge is -2.33. The van der Waals surface area contributed by atoms with Crippen molar-refractivity contribution in [3.05, 3.63) is 81.4 Å². The third-order valence-corrected chi connectivity index (χ3v) is 7.53. The van der Waals surface area contributed by atoms with Crippen LogP contribution in [0.25, 0.3) is 10.8 Å². The number of pyridine rings is 3. The normalized spacial score (nSPS) is 16.8. The number of fused-ring (bicyclic) bond motifs is 1. The maximum absolute atomic E-state index is 12.7. The summed E-state index contributed by atoms with van der Waals surface area (Å²) in [4.78, 5) is 27.2. The van der Waals surface area contributed by atoms with Crippen molar-refractivity contribution in [2.24, 2.45) is 0 Å². The Balaban J connectivity index is 1.27. The van der Waals surface area contributed by atoms with E-state index < -0.39 is 0 Å². The van der Waals surface area contributed by atoms with E-state index in [0.717, 1.165) is 17.1 Å². The van der Waals surface area contributed by atoms with Gasteiger partial charge >= 0.3 is 0 Å². The summed E-state index contributed by atoms with van der Waals surface area (Å²) in [5.74, 6) is 2.31. The average Bonchev–Trinajstić information content (AvgIpc) is 3.71. The van der Waals surface area contributed by atoms with E-state index in [1.54, 1.807) is 24.5 Å². The van der Waals surface area contributed by atoms with Crippen molar-refractivity contribution in [1.82, 2.24) is 19.9 Å². The highest BCUT2D eigenvalue weighted by Gasteiger charge is 2.32. The van der Waals surface area contributed by atoms with Crippen molar-refractivity contribution >= 4 is 45.5 Å². The number of anilines is 4. The first kappa shape index (κ1) is 23.0. The highest BCUT2D eigenvalue weighted by Crippen LogP contribution is 2.36. The number of benzene rings is 1. The number of aryl methyl sites for hydroxylation is 1. The standard InChI is InChI=1S/C28H29ClN6O/c1-17-14-21(3-6-23(17)18-9-12-35(13-10-18)22-4-5-22)32-27-26-19(8-11-30-28(26)36)15-25(34-27)33-24-7-2-20(29)16-31-24/h2-3,6-8,11,14-16,18,22H,4-5,9-10,12-13H2,1H3,(H,30,36)(H2,31,32,33,34). The van der Waals surface area contributed by atoms with Crippen LogP contribution in [0.2, 0.25) is 5.02 Å². The van der Waals surface area contributed by atoms with E-state index >= 15 is 0 Å². The Morgan fingerprint density at radius 3 is 2.56 bits per heavy atom. The molecule has 1 aliphatic carbocycles. The van der Waals surface area contributed by atoms with Gasteiger partial charge in [0.1, 0.15) is 17.5 Å². The van der Waals surface area contributed by atoms with Crippen molar-refractivity contribution in [2.45, 2.75) is 44.6 Å². The van der Waals surface area contributed by atoms with E-state index in [0.29, 0.717) is 33.8 Å². The lowest BCUT2D eigenvalue weighted by Crippen LogP contribution is -2.34. The van der Waals surface area contributed by atoms with Crippen LogP contribution < -0.4 is 16.2 Å². The Bertz CT molecular complexity index is 1460. The molecule has 7 nitrogen and oxygen atoms in total. The van der Waals surface area contributed by atoms with Crippen molar-refractivity contribution in [2.75, 3.05) is 23.7 Å². The zero-order valence-corrected chi connectivity index (χ0v) is 21.0. The van der Waals surface area contributed by atoms with E-state index in [9.17, 15) is 4.79 Å². The van der Waals surface area contributed by atoms with Crippen LogP contribution in [0.15, 0.2) is 59.7 Å². The molecule has 0 bridgehead atoms. The molecule has 2 fully saturated rings. The van der Waals surface area contributed by atoms with Crippen LogP contribution in [0.4, 0.5) is 23.1 Å². The maximum atomic E-state index is 12.7. The van der Waals surface area contributed by atoms with Gasteiger partial charge in [0.15, 0.2) is 0 Å². The molecule has 0 unspecified atom stereocenters. The van der Waals surface area contributed by atoms with Crippen LogP contribution in [0, 0.1) is 6.92 Å². The molecule has 0 spiro atoms. The summed E-state index contributed by atoms with van der Waals surface area (Å²) in [6, 6.07) is 14.6. The van der Waals surface area contributed by atoms with Crippen molar-refractivity contribution in [3.8, 4) is 0 Å². The molecule has 1 aliphatic heterocycles. The number of rotatable bonds is 6. The molecule has 1 saturated heterocycles. The Hall–Kier alpha value is -3.42. The molecule has 0 atom stereocenters. The van der Waals surface area contributed by atoms with Crippen LogP contribution in [0.1, 0.15) is 42.7 Å². The minimum atomic E-state index is -0.186. The molecule has 184 valence electrons. The SMILES string of the molecule is Cc1cc(Nc2nc(Nc3ccc(Cl)cn3)cc3cc[nH]c(=O)c23)ccc1C1CCN(C2CC2)CC1. The van der Waals surface area contributed by atoms with Crippen LogP contribution in [-0.4, -0.2) is 39.0 Å². The molecule has 8 heteroatoms. The quantitative estimate of drug-likeness (QED) is 0.296. The number of piperidine rings is 1. The molecule has 36 heavy (non-hydrogen) atoms. The number of nitrogens with one attached hydrogen (secondary N) is 3. The summed E-state index contributed by atoms with van der Waals surface area (Å²) >= 11 is 5.96. The fourth-order valence-corrected chi connectivity index (χ4v) is 5.42. The number of H-pyrrole nitrogens is 1. The van der Waals surface area contributed by atoms with Gasteiger partial charge in [-0.3, -0.25) is 4.79 Å². The van der Waals surface area contributed by atoms with Crippen LogP contribution in [0.5, 0.6) is 0 Å². The second-order valence-corrected chi connectivity index (χ2v) is 10.3. The molecule has 1 saturated carbocycles. The monoisotopic (exact) mass is 500 g/mol. The van der Waals surface area contributed by atoms with Gasteiger partial charge in [0.25, 0.3) is 5.56 Å². The highest BCUT2D eigenvalue weighted by atomic mass is 35.5. The number of hydrogen-bond acceptors (Lipinski definition) is 6. The number of hydrogen-bond donors (Lipinski definition) is 3. The Labute approximate surface area is 214 Å². The van der Waals surface area contributed by atoms with Gasteiger partial charge in [-0.2, -0.15) is 0 Å². The number of aromatic nitrogens is 3. The molecule has 1 aromatic carbocycles. The van der Waals surface area contributed by atoms with Gasteiger partial charge in [-0.25, -0.2) is 9.97 Å². The van der Waals surface area contributed by atoms with E-state index in [4.69, 9.17) is 16.6 Å². The summed E-state index contributed by atoms with van der Waals surface area (Å²) in [5.41, 5.74) is 3.42. The molecule has 4 aromatic rings. The smallest absolute Gasteiger partial charge is 0.259 e. The van der Waals surface area contributed by atoms with Crippen molar-refractivity contribution < 1.29 is 0 Å². The first-order valence-corrected chi connectivity index (χ1v) is 12.9. The molecule has 0 radical (unpaired) electrons. The third-order valence-electron chi connectivity index (χ3n) is 7.30. The molecule has 3 N–H and O–H groups in total. The van der Waals surface area contributed by atoms with Gasteiger partial charge in [-0.1, -0.05) is 17.7 Å². The zero-order valence-electron chi connectivity index (χ0n) is 20.2. The molecular weight excluding hydrogens is 472 g/mol. The minimum absolute atomic E-state index is 0.186. The average molecular weight is 501 g/mol. The second-order valence-electron chi connectivity index (χ2n) is 9.85. The summed E-state index contributed by atoms with van der Waals surface area (Å²) in [5, 5.41) is 8.47. The second kappa shape index (κ2) is 9.56. The maximum Gasteiger partial charge on any atom is 0.259 e. The fourth-order valence-electron chi connectivity index (χ4n) is 5.31. The molecule has 4 heterocycles. The Morgan fingerprint density at radius 1 is 1.00 bits per heavy atom. The van der Waals surface area contributed by atoms with Gasteiger partial charge in [-0.05, 0) is 105 Å². The van der Waals surface area contributed by atoms with E-state index in [-0.39, 0.29) is 5.56 Å². The Kier molecular flexibility index (Phi) is 6.11. The molecule has 6 rings (SSSR count). The van der Waals surface area contributed by atoms with Gasteiger partial charge in [0.2, 0.25) is 0 Å². The number of likely N-dealkylation sites (tertiary alicyclic amines) is 1. The predicted octanol–water partition coefficient (Wildman–Crippen LogP) is 6.11. The van der Waals surface area contributed by atoms with Crippen LogP contribution in [-0.2, 0) is 0 Å².